The zero-order valence-electron chi connectivity index (χ0n) is 18.1. The van der Waals surface area contributed by atoms with Crippen molar-refractivity contribution in [2.75, 3.05) is 5.01 Å². The van der Waals surface area contributed by atoms with Crippen molar-refractivity contribution in [3.8, 4) is 0 Å². The molecule has 2 aromatic carbocycles. The Kier molecular flexibility index (Phi) is 4.93. The lowest BCUT2D eigenvalue weighted by molar-refractivity contribution is 0.248. The Morgan fingerprint density at radius 3 is 2.45 bits per heavy atom. The predicted molar refractivity (Wildman–Crippen MR) is 123 cm³/mol. The number of imidazole rings is 1. The molecule has 160 valence electrons. The topological polar surface area (TPSA) is 109 Å². The average Bonchev–Trinajstić information content (AvgIpc) is 3.02. The molecule has 4 N–H and O–H groups in total. The van der Waals surface area contributed by atoms with E-state index in [0.29, 0.717) is 17.8 Å². The van der Waals surface area contributed by atoms with E-state index >= 15 is 0 Å². The van der Waals surface area contributed by atoms with Gasteiger partial charge in [0.25, 0.3) is 0 Å². The molecule has 31 heavy (non-hydrogen) atoms. The lowest BCUT2D eigenvalue weighted by atomic mass is 9.95. The highest BCUT2D eigenvalue weighted by Gasteiger charge is 2.24. The van der Waals surface area contributed by atoms with E-state index in [-0.39, 0.29) is 17.6 Å². The molecule has 2 heterocycles. The second-order valence-corrected chi connectivity index (χ2v) is 8.19. The molecular weight excluding hydrogens is 392 g/mol. The third kappa shape index (κ3) is 3.61. The van der Waals surface area contributed by atoms with Crippen molar-refractivity contribution >= 4 is 28.6 Å². The van der Waals surface area contributed by atoms with Crippen LogP contribution >= 0.6 is 0 Å². The van der Waals surface area contributed by atoms with Crippen LogP contribution in [0.2, 0.25) is 0 Å². The van der Waals surface area contributed by atoms with Crippen molar-refractivity contribution in [2.24, 2.45) is 10.8 Å². The number of amidine groups is 1. The third-order valence-electron chi connectivity index (χ3n) is 5.57. The van der Waals surface area contributed by atoms with Crippen molar-refractivity contribution < 1.29 is 4.79 Å². The molecule has 2 amide bonds. The first kappa shape index (κ1) is 20.5. The van der Waals surface area contributed by atoms with Gasteiger partial charge in [0, 0.05) is 6.04 Å². The van der Waals surface area contributed by atoms with Gasteiger partial charge < -0.3 is 16.0 Å². The summed E-state index contributed by atoms with van der Waals surface area (Å²) in [7, 11) is 0. The lowest BCUT2D eigenvalue weighted by Gasteiger charge is -2.25. The van der Waals surface area contributed by atoms with Gasteiger partial charge in [-0.1, -0.05) is 12.6 Å². The van der Waals surface area contributed by atoms with Crippen molar-refractivity contribution in [2.45, 2.75) is 40.2 Å². The molecule has 0 unspecified atom stereocenters. The van der Waals surface area contributed by atoms with E-state index in [0.717, 1.165) is 33.3 Å². The molecule has 0 spiro atoms. The number of hydrogen-bond donors (Lipinski definition) is 3. The van der Waals surface area contributed by atoms with Gasteiger partial charge in [0.15, 0.2) is 5.84 Å². The minimum Gasteiger partial charge on any atom is -0.381 e. The number of hydrazone groups is 1. The first-order valence-corrected chi connectivity index (χ1v) is 10.1. The normalized spacial score (nSPS) is 14.4. The number of carbonyl (C=O) groups is 1. The average molecular weight is 419 g/mol. The summed E-state index contributed by atoms with van der Waals surface area (Å²) in [5.41, 5.74) is 12.7. The highest BCUT2D eigenvalue weighted by Crippen LogP contribution is 2.27. The van der Waals surface area contributed by atoms with Crippen LogP contribution in [0.15, 0.2) is 52.5 Å². The molecule has 0 fully saturated rings. The van der Waals surface area contributed by atoms with Gasteiger partial charge in [-0.2, -0.15) is 5.01 Å². The largest absolute Gasteiger partial charge is 0.381 e. The van der Waals surface area contributed by atoms with Gasteiger partial charge in [-0.3, -0.25) is 4.57 Å². The van der Waals surface area contributed by atoms with Crippen molar-refractivity contribution in [1.82, 2.24) is 14.9 Å². The zero-order valence-corrected chi connectivity index (χ0v) is 18.1. The summed E-state index contributed by atoms with van der Waals surface area (Å²) >= 11 is 0. The van der Waals surface area contributed by atoms with E-state index in [4.69, 9.17) is 5.73 Å². The molecule has 0 saturated heterocycles. The Balaban J connectivity index is 1.70. The molecule has 8 nitrogen and oxygen atoms in total. The highest BCUT2D eigenvalue weighted by atomic mass is 16.2. The van der Waals surface area contributed by atoms with Gasteiger partial charge in [0.05, 0.1) is 22.4 Å². The number of nitrogens with zero attached hydrogens (tertiary/aromatic N) is 3. The van der Waals surface area contributed by atoms with E-state index < -0.39 is 6.03 Å². The van der Waals surface area contributed by atoms with Crippen LogP contribution in [-0.2, 0) is 6.42 Å². The number of rotatable bonds is 4. The molecule has 1 aliphatic rings. The lowest BCUT2D eigenvalue weighted by Crippen LogP contribution is -2.45. The molecule has 0 aliphatic carbocycles. The van der Waals surface area contributed by atoms with Crippen LogP contribution in [0, 0.1) is 13.8 Å². The van der Waals surface area contributed by atoms with Gasteiger partial charge in [0.1, 0.15) is 0 Å². The molecule has 0 atom stereocenters. The molecule has 0 bridgehead atoms. The van der Waals surface area contributed by atoms with Gasteiger partial charge in [-0.25, -0.2) is 9.59 Å². The monoisotopic (exact) mass is 418 g/mol. The van der Waals surface area contributed by atoms with Crippen LogP contribution < -0.4 is 21.7 Å². The Morgan fingerprint density at radius 2 is 1.81 bits per heavy atom. The minimum atomic E-state index is -0.393. The summed E-state index contributed by atoms with van der Waals surface area (Å²) in [6, 6.07) is 9.57. The van der Waals surface area contributed by atoms with E-state index in [1.54, 1.807) is 4.57 Å². The second-order valence-electron chi connectivity index (χ2n) is 8.19. The maximum atomic E-state index is 12.3. The number of hydrogen-bond acceptors (Lipinski definition) is 4. The smallest absolute Gasteiger partial charge is 0.347 e. The van der Waals surface area contributed by atoms with Gasteiger partial charge in [-0.05, 0) is 80.6 Å². The van der Waals surface area contributed by atoms with E-state index in [1.165, 1.54) is 5.01 Å². The fraction of sp³-hybridized carbons (Fsp3) is 0.261. The number of aryl methyl sites for hydroxylation is 2. The van der Waals surface area contributed by atoms with Crippen LogP contribution in [0.1, 0.15) is 42.1 Å². The SMILES string of the molecule is C=C1NC(=O)N(c2cc(C)c(Cc3ccc4[nH]c(=O)n(C(C)C)c4c3)c(C)c2)N=C1N. The van der Waals surface area contributed by atoms with E-state index in [1.807, 2.05) is 52.0 Å². The number of aromatic amines is 1. The summed E-state index contributed by atoms with van der Waals surface area (Å²) in [5, 5.41) is 8.01. The van der Waals surface area contributed by atoms with Crippen molar-refractivity contribution in [3.05, 3.63) is 75.3 Å². The number of anilines is 1. The van der Waals surface area contributed by atoms with Crippen LogP contribution in [0.5, 0.6) is 0 Å². The summed E-state index contributed by atoms with van der Waals surface area (Å²) in [6.45, 7) is 11.7. The predicted octanol–water partition coefficient (Wildman–Crippen LogP) is 3.43. The number of nitrogens with two attached hydrogens (primary N) is 1. The summed E-state index contributed by atoms with van der Waals surface area (Å²) in [5.74, 6) is 0.176. The Labute approximate surface area is 180 Å². The summed E-state index contributed by atoms with van der Waals surface area (Å²) in [4.78, 5) is 27.5. The number of fused-ring (bicyclic) bond motifs is 1. The Hall–Kier alpha value is -3.81. The molecule has 1 aliphatic heterocycles. The zero-order chi connectivity index (χ0) is 22.4. The third-order valence-corrected chi connectivity index (χ3v) is 5.57. The van der Waals surface area contributed by atoms with Crippen LogP contribution in [0.4, 0.5) is 10.5 Å². The minimum absolute atomic E-state index is 0.0685. The van der Waals surface area contributed by atoms with Crippen LogP contribution in [-0.4, -0.2) is 21.4 Å². The molecule has 8 heteroatoms. The maximum absolute atomic E-state index is 12.3. The number of nitrogens with one attached hydrogen (secondary N) is 2. The highest BCUT2D eigenvalue weighted by molar-refractivity contribution is 6.08. The number of urea groups is 1. The van der Waals surface area contributed by atoms with E-state index in [9.17, 15) is 9.59 Å². The van der Waals surface area contributed by atoms with Crippen molar-refractivity contribution in [1.29, 1.82) is 0 Å². The summed E-state index contributed by atoms with van der Waals surface area (Å²) in [6.07, 6.45) is 0.708. The van der Waals surface area contributed by atoms with Crippen molar-refractivity contribution in [3.63, 3.8) is 0 Å². The van der Waals surface area contributed by atoms with E-state index in [2.05, 4.69) is 28.0 Å². The maximum Gasteiger partial charge on any atom is 0.347 e. The van der Waals surface area contributed by atoms with Crippen LogP contribution in [0.3, 0.4) is 0 Å². The van der Waals surface area contributed by atoms with Crippen LogP contribution in [0.25, 0.3) is 11.0 Å². The second kappa shape index (κ2) is 7.46. The molecule has 1 aromatic heterocycles. The molecule has 3 aromatic rings. The summed E-state index contributed by atoms with van der Waals surface area (Å²) < 4.78 is 1.77. The fourth-order valence-corrected chi connectivity index (χ4v) is 4.00. The van der Waals surface area contributed by atoms with Gasteiger partial charge in [-0.15, -0.1) is 5.10 Å². The fourth-order valence-electron chi connectivity index (χ4n) is 4.00. The number of amides is 2. The molecule has 0 radical (unpaired) electrons. The number of carbonyl (C=O) groups excluding carboxylic acids is 1. The number of aromatic nitrogens is 2. The Bertz CT molecular complexity index is 1290. The van der Waals surface area contributed by atoms with Gasteiger partial charge in [0.2, 0.25) is 0 Å². The quantitative estimate of drug-likeness (QED) is 0.604. The molecular formula is C23H26N6O2. The number of H-pyrrole nitrogens is 1. The standard InChI is InChI=1S/C23H26N6O2/c1-12(2)28-20-11-16(6-7-19(20)26-22(28)30)10-18-13(3)8-17(9-14(18)4)29-23(31)25-15(5)21(24)27-29/h6-9,11-12H,5,10H2,1-4H3,(H2,24,27)(H,25,31)(H,26,30). The number of benzene rings is 2. The first-order chi connectivity index (χ1) is 14.7. The first-order valence-electron chi connectivity index (χ1n) is 10.1. The Morgan fingerprint density at radius 1 is 1.13 bits per heavy atom. The molecule has 0 saturated carbocycles. The molecule has 4 rings (SSSR count). The van der Waals surface area contributed by atoms with Gasteiger partial charge >= 0.3 is 11.7 Å².